The first-order valence-electron chi connectivity index (χ1n) is 5.67. The fraction of sp³-hybridized carbons (Fsp3) is 0.133. The Morgan fingerprint density at radius 3 is 1.94 bits per heavy atom. The van der Waals surface area contributed by atoms with E-state index < -0.39 is 0 Å². The zero-order valence-corrected chi connectivity index (χ0v) is 10.0. The molecular weight excluding hydrogens is 227 g/mol. The number of hydrogen-bond donors (Lipinski definition) is 1. The molecule has 0 aromatic heterocycles. The van der Waals surface area contributed by atoms with E-state index >= 15 is 0 Å². The van der Waals surface area contributed by atoms with Crippen molar-refractivity contribution in [2.24, 2.45) is 0 Å². The van der Waals surface area contributed by atoms with Gasteiger partial charge in [-0.15, -0.1) is 0 Å². The number of nitriles is 1. The van der Waals surface area contributed by atoms with E-state index in [0.29, 0.717) is 5.56 Å². The van der Waals surface area contributed by atoms with Crippen molar-refractivity contribution in [3.05, 3.63) is 71.0 Å². The summed E-state index contributed by atoms with van der Waals surface area (Å²) in [6.07, 6.45) is 0. The number of benzene rings is 2. The van der Waals surface area contributed by atoms with Crippen LogP contribution < -0.4 is 5.32 Å². The first-order chi connectivity index (χ1) is 8.74. The lowest BCUT2D eigenvalue weighted by atomic mass is 9.98. The SMILES string of the molecule is CNC(c1ccc(F)cc1)c1ccc(C#N)cc1. The van der Waals surface area contributed by atoms with Crippen LogP contribution in [-0.2, 0) is 0 Å². The molecule has 0 aliphatic rings. The van der Waals surface area contributed by atoms with Gasteiger partial charge in [0.25, 0.3) is 0 Å². The lowest BCUT2D eigenvalue weighted by Gasteiger charge is -2.17. The van der Waals surface area contributed by atoms with Crippen molar-refractivity contribution in [3.63, 3.8) is 0 Å². The van der Waals surface area contributed by atoms with Gasteiger partial charge in [0.2, 0.25) is 0 Å². The largest absolute Gasteiger partial charge is 0.309 e. The van der Waals surface area contributed by atoms with Gasteiger partial charge in [-0.3, -0.25) is 0 Å². The summed E-state index contributed by atoms with van der Waals surface area (Å²) in [4.78, 5) is 0. The van der Waals surface area contributed by atoms with Crippen LogP contribution in [0.1, 0.15) is 22.7 Å². The Morgan fingerprint density at radius 1 is 1.00 bits per heavy atom. The molecule has 0 saturated heterocycles. The minimum atomic E-state index is -0.242. The zero-order chi connectivity index (χ0) is 13.0. The molecule has 1 unspecified atom stereocenters. The predicted molar refractivity (Wildman–Crippen MR) is 68.5 cm³/mol. The Balaban J connectivity index is 2.33. The van der Waals surface area contributed by atoms with Gasteiger partial charge in [0.05, 0.1) is 17.7 Å². The highest BCUT2D eigenvalue weighted by molar-refractivity contribution is 5.37. The van der Waals surface area contributed by atoms with Gasteiger partial charge in [0.1, 0.15) is 5.82 Å². The normalized spacial score (nSPS) is 11.8. The second-order valence-corrected chi connectivity index (χ2v) is 4.01. The maximum absolute atomic E-state index is 12.9. The number of hydrogen-bond acceptors (Lipinski definition) is 2. The quantitative estimate of drug-likeness (QED) is 0.895. The van der Waals surface area contributed by atoms with E-state index in [9.17, 15) is 4.39 Å². The molecular formula is C15H13FN2. The fourth-order valence-corrected chi connectivity index (χ4v) is 1.93. The highest BCUT2D eigenvalue weighted by Gasteiger charge is 2.11. The van der Waals surface area contributed by atoms with Gasteiger partial charge < -0.3 is 5.32 Å². The van der Waals surface area contributed by atoms with Crippen LogP contribution >= 0.6 is 0 Å². The molecule has 2 aromatic carbocycles. The molecule has 0 saturated carbocycles. The Bertz CT molecular complexity index is 553. The number of halogens is 1. The lowest BCUT2D eigenvalue weighted by Crippen LogP contribution is -2.17. The lowest BCUT2D eigenvalue weighted by molar-refractivity contribution is 0.623. The van der Waals surface area contributed by atoms with Crippen LogP contribution in [-0.4, -0.2) is 7.05 Å². The molecule has 0 amide bonds. The molecule has 0 aliphatic carbocycles. The van der Waals surface area contributed by atoms with E-state index in [1.807, 2.05) is 19.2 Å². The van der Waals surface area contributed by atoms with Crippen molar-refractivity contribution in [2.75, 3.05) is 7.05 Å². The maximum Gasteiger partial charge on any atom is 0.123 e. The van der Waals surface area contributed by atoms with Gasteiger partial charge >= 0.3 is 0 Å². The van der Waals surface area contributed by atoms with Crippen molar-refractivity contribution in [2.45, 2.75) is 6.04 Å². The van der Waals surface area contributed by atoms with E-state index in [0.717, 1.165) is 11.1 Å². The third-order valence-electron chi connectivity index (χ3n) is 2.87. The summed E-state index contributed by atoms with van der Waals surface area (Å²) in [5, 5.41) is 12.0. The third kappa shape index (κ3) is 2.55. The molecule has 2 aromatic rings. The summed E-state index contributed by atoms with van der Waals surface area (Å²) in [5.41, 5.74) is 2.67. The smallest absolute Gasteiger partial charge is 0.123 e. The van der Waals surface area contributed by atoms with Crippen LogP contribution in [0.3, 0.4) is 0 Å². The van der Waals surface area contributed by atoms with Gasteiger partial charge in [0.15, 0.2) is 0 Å². The molecule has 0 aliphatic heterocycles. The topological polar surface area (TPSA) is 35.8 Å². The molecule has 90 valence electrons. The van der Waals surface area contributed by atoms with Gasteiger partial charge in [-0.25, -0.2) is 4.39 Å². The highest BCUT2D eigenvalue weighted by Crippen LogP contribution is 2.22. The molecule has 0 radical (unpaired) electrons. The molecule has 2 nitrogen and oxygen atoms in total. The standard InChI is InChI=1S/C15H13FN2/c1-18-15(13-6-8-14(16)9-7-13)12-4-2-11(10-17)3-5-12/h2-9,15,18H,1H3. The molecule has 0 spiro atoms. The van der Waals surface area contributed by atoms with Crippen LogP contribution in [0.4, 0.5) is 4.39 Å². The predicted octanol–water partition coefficient (Wildman–Crippen LogP) is 3.01. The summed E-state index contributed by atoms with van der Waals surface area (Å²) in [5.74, 6) is -0.242. The molecule has 3 heteroatoms. The maximum atomic E-state index is 12.9. The number of nitrogens with zero attached hydrogens (tertiary/aromatic N) is 1. The van der Waals surface area contributed by atoms with Gasteiger partial charge in [0, 0.05) is 0 Å². The second kappa shape index (κ2) is 5.44. The monoisotopic (exact) mass is 240 g/mol. The summed E-state index contributed by atoms with van der Waals surface area (Å²) < 4.78 is 12.9. The Hall–Kier alpha value is -2.18. The number of rotatable bonds is 3. The van der Waals surface area contributed by atoms with Crippen LogP contribution in [0.5, 0.6) is 0 Å². The van der Waals surface area contributed by atoms with Gasteiger partial charge in [-0.2, -0.15) is 5.26 Å². The molecule has 0 fully saturated rings. The average Bonchev–Trinajstić information content (AvgIpc) is 2.42. The summed E-state index contributed by atoms with van der Waals surface area (Å²) >= 11 is 0. The Labute approximate surface area is 106 Å². The van der Waals surface area contributed by atoms with Crippen LogP contribution in [0.2, 0.25) is 0 Å². The highest BCUT2D eigenvalue weighted by atomic mass is 19.1. The van der Waals surface area contributed by atoms with E-state index in [1.165, 1.54) is 12.1 Å². The first kappa shape index (κ1) is 12.3. The van der Waals surface area contributed by atoms with Crippen molar-refractivity contribution >= 4 is 0 Å². The number of nitrogens with one attached hydrogen (secondary N) is 1. The van der Waals surface area contributed by atoms with Gasteiger partial charge in [-0.1, -0.05) is 24.3 Å². The molecule has 0 bridgehead atoms. The molecule has 0 heterocycles. The van der Waals surface area contributed by atoms with E-state index in [2.05, 4.69) is 11.4 Å². The molecule has 2 rings (SSSR count). The Morgan fingerprint density at radius 2 is 1.50 bits per heavy atom. The zero-order valence-electron chi connectivity index (χ0n) is 10.0. The minimum Gasteiger partial charge on any atom is -0.309 e. The fourth-order valence-electron chi connectivity index (χ4n) is 1.93. The molecule has 18 heavy (non-hydrogen) atoms. The van der Waals surface area contributed by atoms with Crippen molar-refractivity contribution in [1.29, 1.82) is 5.26 Å². The van der Waals surface area contributed by atoms with E-state index in [1.54, 1.807) is 24.3 Å². The second-order valence-electron chi connectivity index (χ2n) is 4.01. The minimum absolute atomic E-state index is 0.00153. The summed E-state index contributed by atoms with van der Waals surface area (Å²) in [6.45, 7) is 0. The van der Waals surface area contributed by atoms with Crippen molar-refractivity contribution in [3.8, 4) is 6.07 Å². The van der Waals surface area contributed by atoms with E-state index in [-0.39, 0.29) is 11.9 Å². The van der Waals surface area contributed by atoms with Crippen LogP contribution in [0, 0.1) is 17.1 Å². The van der Waals surface area contributed by atoms with E-state index in [4.69, 9.17) is 5.26 Å². The summed E-state index contributed by atoms with van der Waals surface area (Å²) in [6, 6.07) is 15.9. The van der Waals surface area contributed by atoms with Crippen LogP contribution in [0.25, 0.3) is 0 Å². The average molecular weight is 240 g/mol. The van der Waals surface area contributed by atoms with Crippen molar-refractivity contribution < 1.29 is 4.39 Å². The van der Waals surface area contributed by atoms with Crippen molar-refractivity contribution in [1.82, 2.24) is 5.32 Å². The first-order valence-corrected chi connectivity index (χ1v) is 5.67. The third-order valence-corrected chi connectivity index (χ3v) is 2.87. The Kier molecular flexibility index (Phi) is 3.71. The molecule has 1 N–H and O–H groups in total. The van der Waals surface area contributed by atoms with Gasteiger partial charge in [-0.05, 0) is 42.4 Å². The summed E-state index contributed by atoms with van der Waals surface area (Å²) in [7, 11) is 1.85. The molecule has 1 atom stereocenters. The van der Waals surface area contributed by atoms with Crippen LogP contribution in [0.15, 0.2) is 48.5 Å².